The molecule has 0 aromatic rings. The quantitative estimate of drug-likeness (QED) is 0.369. The first-order valence-corrected chi connectivity index (χ1v) is 2.36. The molecule has 0 fully saturated rings. The largest absolute Gasteiger partial charge is 0.350 e. The zero-order valence-electron chi connectivity index (χ0n) is 4.64. The number of hydrogen-bond donors (Lipinski definition) is 3. The monoisotopic (exact) mass is 126 g/mol. The van der Waals surface area contributed by atoms with Crippen LogP contribution in [-0.2, 0) is 0 Å². The Labute approximate surface area is 52.2 Å². The van der Waals surface area contributed by atoms with Gasteiger partial charge < -0.3 is 11.1 Å². The maximum atomic E-state index is 10.1. The van der Waals surface area contributed by atoms with Gasteiger partial charge in [0.2, 0.25) is 0 Å². The number of carbonyl (C=O) groups is 1. The molecule has 1 aliphatic heterocycles. The first-order valence-electron chi connectivity index (χ1n) is 2.36. The van der Waals surface area contributed by atoms with E-state index in [4.69, 9.17) is 5.73 Å². The van der Waals surface area contributed by atoms with Crippen molar-refractivity contribution in [3.8, 4) is 12.1 Å². The number of primary amides is 1. The molecular formula is C4H6N4O. The molecule has 0 atom stereocenters. The minimum absolute atomic E-state index is 0.461. The number of nitrogens with one attached hydrogen (secondary N) is 2. The summed E-state index contributed by atoms with van der Waals surface area (Å²) in [4.78, 5) is 10.1. The highest BCUT2D eigenvalue weighted by atomic mass is 16.2. The summed E-state index contributed by atoms with van der Waals surface area (Å²) in [6.45, 7) is 0.461. The fourth-order valence-corrected chi connectivity index (χ4v) is 0.466. The summed E-state index contributed by atoms with van der Waals surface area (Å²) < 4.78 is 0. The molecular weight excluding hydrogens is 120 g/mol. The Bertz CT molecular complexity index is 179. The van der Waals surface area contributed by atoms with E-state index in [1.165, 1.54) is 5.01 Å². The van der Waals surface area contributed by atoms with Gasteiger partial charge in [-0.25, -0.2) is 15.2 Å². The van der Waals surface area contributed by atoms with Crippen molar-refractivity contribution >= 4 is 6.03 Å². The molecule has 1 heterocycles. The van der Waals surface area contributed by atoms with Crippen LogP contribution in [-0.4, -0.2) is 17.7 Å². The lowest BCUT2D eigenvalue weighted by Gasteiger charge is -2.10. The summed E-state index contributed by atoms with van der Waals surface area (Å²) in [5, 5.41) is 4.04. The van der Waals surface area contributed by atoms with Crippen LogP contribution in [0.5, 0.6) is 0 Å². The predicted molar refractivity (Wildman–Crippen MR) is 30.3 cm³/mol. The number of urea groups is 1. The summed E-state index contributed by atoms with van der Waals surface area (Å²) in [5.41, 5.74) is 7.06. The highest BCUT2D eigenvalue weighted by Crippen LogP contribution is 1.78. The van der Waals surface area contributed by atoms with E-state index in [0.29, 0.717) is 6.67 Å². The third-order valence-corrected chi connectivity index (χ3v) is 0.762. The first kappa shape index (κ1) is 5.56. The number of rotatable bonds is 1. The number of nitrogens with two attached hydrogens (primary N) is 1. The molecule has 0 saturated heterocycles. The normalized spacial score (nSPS) is 13.6. The molecule has 5 nitrogen and oxygen atoms in total. The lowest BCUT2D eigenvalue weighted by molar-refractivity contribution is 0.223. The van der Waals surface area contributed by atoms with Gasteiger partial charge in [-0.1, -0.05) is 0 Å². The molecule has 2 amide bonds. The van der Waals surface area contributed by atoms with Crippen molar-refractivity contribution in [3.05, 3.63) is 0 Å². The third-order valence-electron chi connectivity index (χ3n) is 0.762. The van der Waals surface area contributed by atoms with Crippen LogP contribution < -0.4 is 16.5 Å². The lowest BCUT2D eigenvalue weighted by atomic mass is 11.0. The number of nitrogens with zero attached hydrogens (tertiary/aromatic N) is 1. The Balaban J connectivity index is 2.31. The summed E-state index contributed by atoms with van der Waals surface area (Å²) in [6, 6.07) is 4.48. The van der Waals surface area contributed by atoms with Crippen LogP contribution in [0.1, 0.15) is 0 Å². The SMILES string of the molecule is NC(=O)NN1C#CNC1. The molecule has 0 unspecified atom stereocenters. The van der Waals surface area contributed by atoms with Gasteiger partial charge in [-0.3, -0.25) is 0 Å². The summed E-state index contributed by atoms with van der Waals surface area (Å²) in [5.74, 6) is 0. The van der Waals surface area contributed by atoms with Crippen molar-refractivity contribution in [1.29, 1.82) is 0 Å². The van der Waals surface area contributed by atoms with Gasteiger partial charge >= 0.3 is 6.03 Å². The van der Waals surface area contributed by atoms with Crippen LogP contribution in [0.3, 0.4) is 0 Å². The van der Waals surface area contributed by atoms with E-state index in [9.17, 15) is 4.79 Å². The number of hydrazine groups is 1. The molecule has 48 valence electrons. The summed E-state index contributed by atoms with van der Waals surface area (Å²) in [7, 11) is 0. The molecule has 0 aromatic heterocycles. The van der Waals surface area contributed by atoms with Gasteiger partial charge in [0.15, 0.2) is 0 Å². The maximum Gasteiger partial charge on any atom is 0.331 e. The van der Waals surface area contributed by atoms with E-state index in [1.54, 1.807) is 0 Å². The van der Waals surface area contributed by atoms with Crippen molar-refractivity contribution in [3.63, 3.8) is 0 Å². The molecule has 0 spiro atoms. The van der Waals surface area contributed by atoms with Crippen LogP contribution in [0.2, 0.25) is 0 Å². The van der Waals surface area contributed by atoms with E-state index in [-0.39, 0.29) is 0 Å². The van der Waals surface area contributed by atoms with E-state index < -0.39 is 6.03 Å². The van der Waals surface area contributed by atoms with E-state index in [1.807, 2.05) is 0 Å². The van der Waals surface area contributed by atoms with E-state index in [0.717, 1.165) is 0 Å². The molecule has 0 bridgehead atoms. The Hall–Kier alpha value is -1.57. The average molecular weight is 126 g/mol. The smallest absolute Gasteiger partial charge is 0.331 e. The minimum Gasteiger partial charge on any atom is -0.350 e. The van der Waals surface area contributed by atoms with Gasteiger partial charge in [-0.05, 0) is 0 Å². The number of carbonyl (C=O) groups excluding carboxylic acids is 1. The molecule has 0 aliphatic carbocycles. The fraction of sp³-hybridized carbons (Fsp3) is 0.250. The second-order valence-corrected chi connectivity index (χ2v) is 1.48. The van der Waals surface area contributed by atoms with Gasteiger partial charge in [0.05, 0.1) is 6.04 Å². The molecule has 4 N–H and O–H groups in total. The van der Waals surface area contributed by atoms with Crippen molar-refractivity contribution in [2.24, 2.45) is 5.73 Å². The zero-order valence-corrected chi connectivity index (χ0v) is 4.64. The molecule has 1 rings (SSSR count). The van der Waals surface area contributed by atoms with Crippen LogP contribution >= 0.6 is 0 Å². The van der Waals surface area contributed by atoms with Crippen molar-refractivity contribution < 1.29 is 4.79 Å². The van der Waals surface area contributed by atoms with Crippen molar-refractivity contribution in [2.45, 2.75) is 0 Å². The molecule has 5 heteroatoms. The van der Waals surface area contributed by atoms with Gasteiger partial charge in [-0.2, -0.15) is 0 Å². The van der Waals surface area contributed by atoms with Crippen LogP contribution in [0, 0.1) is 12.1 Å². The summed E-state index contributed by atoms with van der Waals surface area (Å²) >= 11 is 0. The first-order chi connectivity index (χ1) is 4.29. The van der Waals surface area contributed by atoms with Gasteiger partial charge in [-0.15, -0.1) is 0 Å². The Morgan fingerprint density at radius 3 is 3.11 bits per heavy atom. The standard InChI is InChI=1S/C4H6N4O/c5-4(9)7-8-2-1-6-3-8/h6H,3H2,(H3,5,7,9). The highest BCUT2D eigenvalue weighted by Gasteiger charge is 2.02. The summed E-state index contributed by atoms with van der Waals surface area (Å²) in [6.07, 6.45) is 0. The molecule has 9 heavy (non-hydrogen) atoms. The minimum atomic E-state index is -0.604. The molecule has 0 radical (unpaired) electrons. The van der Waals surface area contributed by atoms with Crippen molar-refractivity contribution in [1.82, 2.24) is 15.8 Å². The Morgan fingerprint density at radius 2 is 2.67 bits per heavy atom. The van der Waals surface area contributed by atoms with Gasteiger partial charge in [0.1, 0.15) is 6.67 Å². The van der Waals surface area contributed by atoms with Crippen molar-refractivity contribution in [2.75, 3.05) is 6.67 Å². The molecule has 1 aliphatic rings. The third kappa shape index (κ3) is 1.42. The number of hydrogen-bond acceptors (Lipinski definition) is 3. The topological polar surface area (TPSA) is 70.4 Å². The fourth-order valence-electron chi connectivity index (χ4n) is 0.466. The van der Waals surface area contributed by atoms with E-state index in [2.05, 4.69) is 22.8 Å². The molecule has 0 saturated carbocycles. The van der Waals surface area contributed by atoms with Crippen LogP contribution in [0.25, 0.3) is 0 Å². The van der Waals surface area contributed by atoms with Gasteiger partial charge in [0.25, 0.3) is 0 Å². The maximum absolute atomic E-state index is 10.1. The average Bonchev–Trinajstić information content (AvgIpc) is 2.15. The Kier molecular flexibility index (Phi) is 1.32. The van der Waals surface area contributed by atoms with Gasteiger partial charge in [0, 0.05) is 6.04 Å². The zero-order chi connectivity index (χ0) is 6.69. The van der Waals surface area contributed by atoms with Crippen LogP contribution in [0.15, 0.2) is 0 Å². The lowest BCUT2D eigenvalue weighted by Crippen LogP contribution is -2.43. The number of amides is 2. The van der Waals surface area contributed by atoms with Crippen LogP contribution in [0.4, 0.5) is 4.79 Å². The van der Waals surface area contributed by atoms with E-state index >= 15 is 0 Å². The molecule has 0 aromatic carbocycles. The highest BCUT2D eigenvalue weighted by molar-refractivity contribution is 5.71. The second kappa shape index (κ2) is 2.13. The second-order valence-electron chi connectivity index (χ2n) is 1.48. The predicted octanol–water partition coefficient (Wildman–Crippen LogP) is -1.65. The Morgan fingerprint density at radius 1 is 1.89 bits per heavy atom.